The second kappa shape index (κ2) is 5.87. The number of hydrogen-bond acceptors (Lipinski definition) is 5. The number of carboxylic acid groups (broad SMARTS) is 1. The third-order valence-electron chi connectivity index (χ3n) is 4.43. The van der Waals surface area contributed by atoms with Crippen LogP contribution in [0.5, 0.6) is 11.5 Å². The summed E-state index contributed by atoms with van der Waals surface area (Å²) in [6, 6.07) is 6.70. The van der Waals surface area contributed by atoms with Crippen molar-refractivity contribution in [2.45, 2.75) is 13.8 Å². The largest absolute Gasteiger partial charge is 0.478 e. The smallest absolute Gasteiger partial charge is 0.337 e. The number of amides is 1. The van der Waals surface area contributed by atoms with Gasteiger partial charge < -0.3 is 20.0 Å². The topological polar surface area (TPSA) is 120 Å². The number of nitrogens with two attached hydrogens (primary N) is 1. The van der Waals surface area contributed by atoms with Crippen LogP contribution in [-0.4, -0.2) is 26.6 Å². The van der Waals surface area contributed by atoms with Crippen LogP contribution in [0, 0.1) is 13.8 Å². The number of benzene rings is 1. The highest BCUT2D eigenvalue weighted by Gasteiger charge is 2.19. The number of ether oxygens (including phenoxy) is 1. The van der Waals surface area contributed by atoms with Crippen molar-refractivity contribution >= 4 is 28.4 Å². The normalized spacial score (nSPS) is 11.2. The number of aromatic nitrogens is 2. The number of aromatic carboxylic acids is 1. The molecule has 27 heavy (non-hydrogen) atoms. The predicted octanol–water partition coefficient (Wildman–Crippen LogP) is 3.29. The number of fused-ring (bicyclic) bond motifs is 2. The molecule has 136 valence electrons. The van der Waals surface area contributed by atoms with E-state index in [1.807, 2.05) is 0 Å². The Morgan fingerprint density at radius 3 is 2.74 bits per heavy atom. The molecule has 0 saturated carbocycles. The van der Waals surface area contributed by atoms with Gasteiger partial charge in [0.05, 0.1) is 17.3 Å². The molecule has 0 unspecified atom stereocenters. The number of carbonyl (C=O) groups excluding carboxylic acids is 1. The molecule has 4 aromatic rings. The van der Waals surface area contributed by atoms with Gasteiger partial charge in [0.1, 0.15) is 22.6 Å². The number of primary amides is 1. The first-order valence-corrected chi connectivity index (χ1v) is 8.08. The maximum atomic E-state index is 11.6. The minimum atomic E-state index is -1.03. The van der Waals surface area contributed by atoms with Gasteiger partial charge >= 0.3 is 5.97 Å². The van der Waals surface area contributed by atoms with E-state index >= 15 is 0 Å². The number of carboxylic acids is 1. The molecule has 8 heteroatoms. The molecule has 0 fully saturated rings. The molecule has 3 N–H and O–H groups in total. The van der Waals surface area contributed by atoms with E-state index in [0.29, 0.717) is 44.9 Å². The van der Waals surface area contributed by atoms with Crippen molar-refractivity contribution in [1.29, 1.82) is 0 Å². The summed E-state index contributed by atoms with van der Waals surface area (Å²) in [6.07, 6.45) is 2.96. The number of hydrogen-bond donors (Lipinski definition) is 2. The van der Waals surface area contributed by atoms with Crippen molar-refractivity contribution in [2.24, 2.45) is 5.73 Å². The van der Waals surface area contributed by atoms with Crippen LogP contribution in [-0.2, 0) is 0 Å². The SMILES string of the molecule is Cc1oc2cc(Oc3ccnn4cc(C(=O)O)c(C)c34)ccc2c1C(N)=O. The van der Waals surface area contributed by atoms with Crippen molar-refractivity contribution in [2.75, 3.05) is 0 Å². The van der Waals surface area contributed by atoms with E-state index in [1.54, 1.807) is 38.1 Å². The Morgan fingerprint density at radius 2 is 2.04 bits per heavy atom. The number of aryl methyl sites for hydroxylation is 2. The van der Waals surface area contributed by atoms with Gasteiger partial charge in [-0.25, -0.2) is 9.31 Å². The first kappa shape index (κ1) is 16.6. The molecular weight excluding hydrogens is 350 g/mol. The predicted molar refractivity (Wildman–Crippen MR) is 96.4 cm³/mol. The zero-order valence-electron chi connectivity index (χ0n) is 14.5. The molecule has 0 saturated heterocycles. The Hall–Kier alpha value is -3.81. The van der Waals surface area contributed by atoms with Crippen LogP contribution in [0.1, 0.15) is 32.0 Å². The minimum absolute atomic E-state index is 0.154. The van der Waals surface area contributed by atoms with Gasteiger partial charge in [-0.1, -0.05) is 0 Å². The Morgan fingerprint density at radius 1 is 1.26 bits per heavy atom. The quantitative estimate of drug-likeness (QED) is 0.572. The van der Waals surface area contributed by atoms with E-state index in [9.17, 15) is 14.7 Å². The molecule has 8 nitrogen and oxygen atoms in total. The summed E-state index contributed by atoms with van der Waals surface area (Å²) in [7, 11) is 0. The molecule has 3 heterocycles. The molecule has 3 aromatic heterocycles. The number of carbonyl (C=O) groups is 2. The molecule has 0 aliphatic rings. The summed E-state index contributed by atoms with van der Waals surface area (Å²) in [5.41, 5.74) is 7.49. The molecule has 0 bridgehead atoms. The summed E-state index contributed by atoms with van der Waals surface area (Å²) in [6.45, 7) is 3.37. The van der Waals surface area contributed by atoms with E-state index in [-0.39, 0.29) is 5.56 Å². The van der Waals surface area contributed by atoms with Gasteiger partial charge in [0, 0.05) is 23.7 Å². The lowest BCUT2D eigenvalue weighted by Gasteiger charge is -2.08. The maximum absolute atomic E-state index is 11.6. The Kier molecular flexibility index (Phi) is 3.62. The van der Waals surface area contributed by atoms with E-state index in [4.69, 9.17) is 14.9 Å². The van der Waals surface area contributed by atoms with Crippen molar-refractivity contribution in [3.8, 4) is 11.5 Å². The Bertz CT molecular complexity index is 1240. The molecule has 0 spiro atoms. The summed E-state index contributed by atoms with van der Waals surface area (Å²) in [4.78, 5) is 23.0. The summed E-state index contributed by atoms with van der Waals surface area (Å²) in [5.74, 6) is -0.226. The zero-order valence-corrected chi connectivity index (χ0v) is 14.5. The van der Waals surface area contributed by atoms with Crippen LogP contribution in [0.3, 0.4) is 0 Å². The summed E-state index contributed by atoms with van der Waals surface area (Å²) >= 11 is 0. The van der Waals surface area contributed by atoms with Crippen LogP contribution in [0.2, 0.25) is 0 Å². The average Bonchev–Trinajstić information content (AvgIpc) is 3.11. The number of nitrogens with zero attached hydrogens (tertiary/aromatic N) is 2. The van der Waals surface area contributed by atoms with Crippen LogP contribution in [0.15, 0.2) is 41.1 Å². The highest BCUT2D eigenvalue weighted by Crippen LogP contribution is 2.33. The first-order valence-electron chi connectivity index (χ1n) is 8.08. The molecule has 0 aliphatic carbocycles. The average molecular weight is 365 g/mol. The van der Waals surface area contributed by atoms with Gasteiger partial charge in [0.2, 0.25) is 0 Å². The Balaban J connectivity index is 1.80. The van der Waals surface area contributed by atoms with Crippen LogP contribution < -0.4 is 10.5 Å². The summed E-state index contributed by atoms with van der Waals surface area (Å²) in [5, 5.41) is 14.1. The number of rotatable bonds is 4. The third-order valence-corrected chi connectivity index (χ3v) is 4.43. The van der Waals surface area contributed by atoms with Gasteiger partial charge in [-0.3, -0.25) is 4.79 Å². The van der Waals surface area contributed by atoms with Gasteiger partial charge in [0.25, 0.3) is 5.91 Å². The first-order chi connectivity index (χ1) is 12.9. The van der Waals surface area contributed by atoms with E-state index < -0.39 is 11.9 Å². The van der Waals surface area contributed by atoms with Crippen molar-refractivity contribution < 1.29 is 23.8 Å². The van der Waals surface area contributed by atoms with E-state index in [2.05, 4.69) is 5.10 Å². The van der Waals surface area contributed by atoms with E-state index in [0.717, 1.165) is 0 Å². The summed E-state index contributed by atoms with van der Waals surface area (Å²) < 4.78 is 13.0. The maximum Gasteiger partial charge on any atom is 0.337 e. The zero-order chi connectivity index (χ0) is 19.3. The van der Waals surface area contributed by atoms with Crippen molar-refractivity contribution in [3.63, 3.8) is 0 Å². The van der Waals surface area contributed by atoms with Gasteiger partial charge in [-0.05, 0) is 31.5 Å². The molecule has 4 rings (SSSR count). The lowest BCUT2D eigenvalue weighted by Crippen LogP contribution is -2.11. The van der Waals surface area contributed by atoms with Gasteiger partial charge in [-0.2, -0.15) is 5.10 Å². The fourth-order valence-corrected chi connectivity index (χ4v) is 3.22. The second-order valence-electron chi connectivity index (χ2n) is 6.12. The monoisotopic (exact) mass is 365 g/mol. The Labute approximate surface area is 152 Å². The molecule has 0 aliphatic heterocycles. The lowest BCUT2D eigenvalue weighted by atomic mass is 10.1. The number of furan rings is 1. The fourth-order valence-electron chi connectivity index (χ4n) is 3.22. The molecule has 1 aromatic carbocycles. The second-order valence-corrected chi connectivity index (χ2v) is 6.12. The third kappa shape index (κ3) is 2.58. The van der Waals surface area contributed by atoms with Crippen LogP contribution in [0.4, 0.5) is 0 Å². The molecule has 0 atom stereocenters. The van der Waals surface area contributed by atoms with E-state index in [1.165, 1.54) is 16.9 Å². The van der Waals surface area contributed by atoms with Gasteiger partial charge in [0.15, 0.2) is 5.75 Å². The van der Waals surface area contributed by atoms with Crippen molar-refractivity contribution in [3.05, 3.63) is 59.1 Å². The van der Waals surface area contributed by atoms with Crippen LogP contribution >= 0.6 is 0 Å². The minimum Gasteiger partial charge on any atom is -0.478 e. The van der Waals surface area contributed by atoms with Crippen molar-refractivity contribution in [1.82, 2.24) is 9.61 Å². The lowest BCUT2D eigenvalue weighted by molar-refractivity contribution is 0.0696. The van der Waals surface area contributed by atoms with Crippen LogP contribution in [0.25, 0.3) is 16.5 Å². The molecule has 0 radical (unpaired) electrons. The highest BCUT2D eigenvalue weighted by atomic mass is 16.5. The molecule has 1 amide bonds. The van der Waals surface area contributed by atoms with Gasteiger partial charge in [-0.15, -0.1) is 0 Å². The standard InChI is InChI=1S/C19H15N3O5/c1-9-13(19(24)25)8-22-17(9)14(5-6-21-22)27-11-3-4-12-15(7-11)26-10(2)16(12)18(20)23/h3-8H,1-2H3,(H2,20,23)(H,24,25). The highest BCUT2D eigenvalue weighted by molar-refractivity contribution is 6.06. The fraction of sp³-hybridized carbons (Fsp3) is 0.105. The molecular formula is C19H15N3O5.